The van der Waals surface area contributed by atoms with Crippen molar-refractivity contribution >= 4 is 41.2 Å². The molecule has 1 fully saturated rings. The summed E-state index contributed by atoms with van der Waals surface area (Å²) in [7, 11) is -8.95. The number of benzene rings is 3. The van der Waals surface area contributed by atoms with Crippen LogP contribution in [0.1, 0.15) is 0 Å². The van der Waals surface area contributed by atoms with E-state index in [0.29, 0.717) is 18.1 Å². The molecule has 1 aliphatic heterocycles. The first-order valence-electron chi connectivity index (χ1n) is 11.2. The molecule has 0 N–H and O–H groups in total. The SMILES string of the molecule is C=CC[Si]1(c2ccccc2)O[Si](CC=C)(c2ccccc2)O[Si](CC=C)(c2ccccc2)O1. The van der Waals surface area contributed by atoms with Crippen LogP contribution in [0.15, 0.2) is 129 Å². The average molecular weight is 487 g/mol. The van der Waals surface area contributed by atoms with Gasteiger partial charge in [0.1, 0.15) is 0 Å². The molecule has 6 heteroatoms. The van der Waals surface area contributed by atoms with Gasteiger partial charge in [-0.2, -0.15) is 0 Å². The molecule has 33 heavy (non-hydrogen) atoms. The second-order valence-corrected chi connectivity index (χ2v) is 18.1. The lowest BCUT2D eigenvalue weighted by Gasteiger charge is -2.53. The predicted octanol–water partition coefficient (Wildman–Crippen LogP) is 4.66. The van der Waals surface area contributed by atoms with Crippen LogP contribution >= 0.6 is 0 Å². The molecule has 168 valence electrons. The van der Waals surface area contributed by atoms with E-state index in [0.717, 1.165) is 15.6 Å². The Morgan fingerprint density at radius 3 is 0.909 bits per heavy atom. The summed E-state index contributed by atoms with van der Waals surface area (Å²) in [5, 5.41) is 3.30. The van der Waals surface area contributed by atoms with Gasteiger partial charge in [-0.25, -0.2) is 0 Å². The van der Waals surface area contributed by atoms with E-state index in [2.05, 4.69) is 56.1 Å². The first kappa shape index (κ1) is 23.6. The molecule has 0 bridgehead atoms. The molecule has 3 aromatic rings. The van der Waals surface area contributed by atoms with Gasteiger partial charge in [-0.05, 0) is 15.6 Å². The molecule has 3 nitrogen and oxygen atoms in total. The van der Waals surface area contributed by atoms with Gasteiger partial charge in [0, 0.05) is 18.1 Å². The largest absolute Gasteiger partial charge is 0.408 e. The molecule has 0 aromatic heterocycles. The number of hydrogen-bond acceptors (Lipinski definition) is 3. The van der Waals surface area contributed by atoms with Crippen molar-refractivity contribution in [1.82, 2.24) is 0 Å². The zero-order valence-corrected chi connectivity index (χ0v) is 21.9. The molecule has 0 spiro atoms. The van der Waals surface area contributed by atoms with Crippen molar-refractivity contribution in [2.75, 3.05) is 0 Å². The standard InChI is InChI=1S/C27H30O3Si3/c1-4-22-31(25-16-10-7-11-17-25)28-32(23-5-2,26-18-12-8-13-19-26)30-33(29-31,24-6-3)27-20-14-9-15-21-27/h4-21H,1-3,22-24H2. The molecular formula is C27H30O3Si3. The van der Waals surface area contributed by atoms with Crippen molar-refractivity contribution in [1.29, 1.82) is 0 Å². The smallest absolute Gasteiger partial charge is 0.359 e. The summed E-state index contributed by atoms with van der Waals surface area (Å²) in [5.74, 6) is 0. The molecule has 0 atom stereocenters. The first-order chi connectivity index (χ1) is 16.1. The molecule has 1 aliphatic rings. The molecule has 0 radical (unpaired) electrons. The number of rotatable bonds is 9. The zero-order valence-electron chi connectivity index (χ0n) is 18.9. The summed E-state index contributed by atoms with van der Waals surface area (Å²) in [5.41, 5.74) is 0. The minimum atomic E-state index is -2.98. The summed E-state index contributed by atoms with van der Waals surface area (Å²) in [4.78, 5) is 0. The van der Waals surface area contributed by atoms with Gasteiger partial charge in [-0.15, -0.1) is 19.7 Å². The third-order valence-electron chi connectivity index (χ3n) is 5.87. The Balaban J connectivity index is 2.01. The quantitative estimate of drug-likeness (QED) is 0.325. The van der Waals surface area contributed by atoms with Gasteiger partial charge in [-0.3, -0.25) is 0 Å². The van der Waals surface area contributed by atoms with E-state index in [1.165, 1.54) is 0 Å². The molecule has 0 saturated carbocycles. The third kappa shape index (κ3) is 4.59. The second-order valence-electron chi connectivity index (χ2n) is 8.14. The van der Waals surface area contributed by atoms with Gasteiger partial charge in [-0.1, -0.05) is 109 Å². The second kappa shape index (κ2) is 10.1. The minimum Gasteiger partial charge on any atom is -0.408 e. The van der Waals surface area contributed by atoms with Gasteiger partial charge in [0.25, 0.3) is 0 Å². The van der Waals surface area contributed by atoms with Gasteiger partial charge in [0.15, 0.2) is 0 Å². The van der Waals surface area contributed by atoms with Crippen LogP contribution in [-0.2, 0) is 12.3 Å². The van der Waals surface area contributed by atoms with E-state index < -0.39 is 25.7 Å². The van der Waals surface area contributed by atoms with Crippen LogP contribution in [0.5, 0.6) is 0 Å². The Hall–Kier alpha value is -2.59. The Morgan fingerprint density at radius 2 is 0.697 bits per heavy atom. The Kier molecular flexibility index (Phi) is 7.23. The summed E-state index contributed by atoms with van der Waals surface area (Å²) in [6, 6.07) is 33.0. The van der Waals surface area contributed by atoms with Crippen LogP contribution < -0.4 is 15.6 Å². The van der Waals surface area contributed by atoms with E-state index in [1.54, 1.807) is 0 Å². The highest BCUT2D eigenvalue weighted by Gasteiger charge is 2.63. The van der Waals surface area contributed by atoms with Crippen molar-refractivity contribution in [3.63, 3.8) is 0 Å². The molecule has 0 aliphatic carbocycles. The van der Waals surface area contributed by atoms with Crippen molar-refractivity contribution in [3.8, 4) is 0 Å². The van der Waals surface area contributed by atoms with Crippen LogP contribution in [0.2, 0.25) is 18.1 Å². The third-order valence-corrected chi connectivity index (χ3v) is 19.9. The van der Waals surface area contributed by atoms with Crippen molar-refractivity contribution in [2.45, 2.75) is 18.1 Å². The van der Waals surface area contributed by atoms with Gasteiger partial charge >= 0.3 is 25.7 Å². The average Bonchev–Trinajstić information content (AvgIpc) is 2.86. The maximum atomic E-state index is 7.23. The zero-order chi connectivity index (χ0) is 23.2. The van der Waals surface area contributed by atoms with Crippen LogP contribution in [0.25, 0.3) is 0 Å². The summed E-state index contributed by atoms with van der Waals surface area (Å²) < 4.78 is 21.7. The van der Waals surface area contributed by atoms with Gasteiger partial charge in [0.05, 0.1) is 0 Å². The molecule has 0 unspecified atom stereocenters. The molecule has 1 saturated heterocycles. The van der Waals surface area contributed by atoms with Crippen molar-refractivity contribution in [3.05, 3.63) is 129 Å². The lowest BCUT2D eigenvalue weighted by molar-refractivity contribution is 0.244. The highest BCUT2D eigenvalue weighted by Crippen LogP contribution is 2.37. The monoisotopic (exact) mass is 486 g/mol. The van der Waals surface area contributed by atoms with E-state index in [4.69, 9.17) is 12.3 Å². The van der Waals surface area contributed by atoms with E-state index >= 15 is 0 Å². The Morgan fingerprint density at radius 1 is 0.455 bits per heavy atom. The fourth-order valence-electron chi connectivity index (χ4n) is 4.46. The van der Waals surface area contributed by atoms with Gasteiger partial charge in [0.2, 0.25) is 0 Å². The Labute approximate surface area is 200 Å². The number of allylic oxidation sites excluding steroid dienone is 3. The van der Waals surface area contributed by atoms with E-state index in [-0.39, 0.29) is 0 Å². The van der Waals surface area contributed by atoms with Crippen molar-refractivity contribution in [2.24, 2.45) is 0 Å². The highest BCUT2D eigenvalue weighted by molar-refractivity contribution is 7.06. The lowest BCUT2D eigenvalue weighted by Crippen LogP contribution is -2.79. The molecule has 4 rings (SSSR count). The van der Waals surface area contributed by atoms with Crippen LogP contribution in [0, 0.1) is 0 Å². The molecular weight excluding hydrogens is 457 g/mol. The fourth-order valence-corrected chi connectivity index (χ4v) is 21.3. The fraction of sp³-hybridized carbons (Fsp3) is 0.111. The van der Waals surface area contributed by atoms with E-state index in [9.17, 15) is 0 Å². The number of hydrogen-bond donors (Lipinski definition) is 0. The van der Waals surface area contributed by atoms with Crippen LogP contribution in [0.4, 0.5) is 0 Å². The maximum Gasteiger partial charge on any atom is 0.359 e. The summed E-state index contributed by atoms with van der Waals surface area (Å²) in [6.07, 6.45) is 5.79. The molecule has 0 amide bonds. The van der Waals surface area contributed by atoms with Crippen LogP contribution in [-0.4, -0.2) is 25.7 Å². The van der Waals surface area contributed by atoms with E-state index in [1.807, 2.05) is 72.8 Å². The normalized spacial score (nSPS) is 26.9. The van der Waals surface area contributed by atoms with Gasteiger partial charge < -0.3 is 12.3 Å². The maximum absolute atomic E-state index is 7.23. The van der Waals surface area contributed by atoms with Crippen molar-refractivity contribution < 1.29 is 12.3 Å². The Bertz CT molecular complexity index is 940. The summed E-state index contributed by atoms with van der Waals surface area (Å²) >= 11 is 0. The highest BCUT2D eigenvalue weighted by atomic mass is 28.5. The summed E-state index contributed by atoms with van der Waals surface area (Å²) in [6.45, 7) is 12.2. The minimum absolute atomic E-state index is 0.637. The lowest BCUT2D eigenvalue weighted by atomic mass is 10.4. The molecule has 3 aromatic carbocycles. The topological polar surface area (TPSA) is 27.7 Å². The molecule has 1 heterocycles. The van der Waals surface area contributed by atoms with Crippen LogP contribution in [0.3, 0.4) is 0 Å². The first-order valence-corrected chi connectivity index (χ1v) is 17.3. The predicted molar refractivity (Wildman–Crippen MR) is 144 cm³/mol.